The van der Waals surface area contributed by atoms with Crippen LogP contribution >= 0.6 is 0 Å². The molecule has 86 valence electrons. The maximum absolute atomic E-state index is 5.70. The van der Waals surface area contributed by atoms with Gasteiger partial charge >= 0.3 is 0 Å². The second-order valence-corrected chi connectivity index (χ2v) is 4.58. The lowest BCUT2D eigenvalue weighted by Crippen LogP contribution is -2.34. The fraction of sp³-hybridized carbons (Fsp3) is 0.538. The minimum atomic E-state index is 0.320. The standard InChI is InChI=1S/C13H17NO2/c1-9-6-11-7-10(2-3-13(11)16-9)12-8-15-5-4-14-12/h2-3,7,9,12,14H,4-6,8H2,1H3. The van der Waals surface area contributed by atoms with Crippen molar-refractivity contribution in [3.63, 3.8) is 0 Å². The lowest BCUT2D eigenvalue weighted by atomic mass is 10.0. The van der Waals surface area contributed by atoms with E-state index in [4.69, 9.17) is 9.47 Å². The summed E-state index contributed by atoms with van der Waals surface area (Å²) in [5.41, 5.74) is 2.65. The third-order valence-corrected chi connectivity index (χ3v) is 3.24. The molecule has 2 heterocycles. The van der Waals surface area contributed by atoms with E-state index < -0.39 is 0 Å². The third kappa shape index (κ3) is 1.81. The Morgan fingerprint density at radius 2 is 2.31 bits per heavy atom. The highest BCUT2D eigenvalue weighted by Crippen LogP contribution is 2.31. The number of nitrogens with one attached hydrogen (secondary N) is 1. The Hall–Kier alpha value is -1.06. The van der Waals surface area contributed by atoms with Crippen LogP contribution in [-0.2, 0) is 11.2 Å². The van der Waals surface area contributed by atoms with Crippen LogP contribution in [-0.4, -0.2) is 25.9 Å². The van der Waals surface area contributed by atoms with Crippen molar-refractivity contribution in [2.75, 3.05) is 19.8 Å². The summed E-state index contributed by atoms with van der Waals surface area (Å²) in [5, 5.41) is 3.47. The number of morpholine rings is 1. The Balaban J connectivity index is 1.84. The molecule has 0 aliphatic carbocycles. The fourth-order valence-electron chi connectivity index (χ4n) is 2.44. The second-order valence-electron chi connectivity index (χ2n) is 4.58. The van der Waals surface area contributed by atoms with Crippen molar-refractivity contribution in [1.82, 2.24) is 5.32 Å². The predicted molar refractivity (Wildman–Crippen MR) is 61.8 cm³/mol. The quantitative estimate of drug-likeness (QED) is 0.779. The molecule has 1 saturated heterocycles. The van der Waals surface area contributed by atoms with Gasteiger partial charge in [-0.15, -0.1) is 0 Å². The average molecular weight is 219 g/mol. The lowest BCUT2D eigenvalue weighted by molar-refractivity contribution is 0.0768. The van der Waals surface area contributed by atoms with Crippen LogP contribution in [0.1, 0.15) is 24.1 Å². The lowest BCUT2D eigenvalue weighted by Gasteiger charge is -2.24. The van der Waals surface area contributed by atoms with E-state index in [9.17, 15) is 0 Å². The van der Waals surface area contributed by atoms with Crippen LogP contribution in [0.5, 0.6) is 5.75 Å². The van der Waals surface area contributed by atoms with Gasteiger partial charge in [0.25, 0.3) is 0 Å². The van der Waals surface area contributed by atoms with Crippen molar-refractivity contribution in [3.05, 3.63) is 29.3 Å². The van der Waals surface area contributed by atoms with Gasteiger partial charge in [-0.1, -0.05) is 12.1 Å². The van der Waals surface area contributed by atoms with Gasteiger partial charge < -0.3 is 14.8 Å². The summed E-state index contributed by atoms with van der Waals surface area (Å²) in [4.78, 5) is 0. The highest BCUT2D eigenvalue weighted by Gasteiger charge is 2.22. The van der Waals surface area contributed by atoms with Crippen LogP contribution < -0.4 is 10.1 Å². The molecule has 16 heavy (non-hydrogen) atoms. The van der Waals surface area contributed by atoms with Crippen molar-refractivity contribution < 1.29 is 9.47 Å². The normalized spacial score (nSPS) is 28.6. The molecule has 3 nitrogen and oxygen atoms in total. The monoisotopic (exact) mass is 219 g/mol. The van der Waals surface area contributed by atoms with E-state index in [0.29, 0.717) is 12.1 Å². The zero-order chi connectivity index (χ0) is 11.0. The molecule has 3 rings (SSSR count). The Labute approximate surface area is 95.8 Å². The summed E-state index contributed by atoms with van der Waals surface area (Å²) in [5.74, 6) is 1.05. The van der Waals surface area contributed by atoms with E-state index in [1.807, 2.05) is 0 Å². The Morgan fingerprint density at radius 1 is 1.38 bits per heavy atom. The van der Waals surface area contributed by atoms with Gasteiger partial charge in [-0.25, -0.2) is 0 Å². The summed E-state index contributed by atoms with van der Waals surface area (Å²) >= 11 is 0. The van der Waals surface area contributed by atoms with E-state index in [0.717, 1.165) is 31.9 Å². The van der Waals surface area contributed by atoms with Gasteiger partial charge in [0, 0.05) is 13.0 Å². The van der Waals surface area contributed by atoms with Crippen LogP contribution in [0.15, 0.2) is 18.2 Å². The van der Waals surface area contributed by atoms with Crippen LogP contribution in [0.4, 0.5) is 0 Å². The zero-order valence-corrected chi connectivity index (χ0v) is 9.53. The molecular formula is C13H17NO2. The van der Waals surface area contributed by atoms with Crippen LogP contribution in [0.3, 0.4) is 0 Å². The zero-order valence-electron chi connectivity index (χ0n) is 9.53. The molecule has 2 unspecified atom stereocenters. The Bertz CT molecular complexity index is 386. The molecule has 0 spiro atoms. The van der Waals surface area contributed by atoms with E-state index in [2.05, 4.69) is 30.4 Å². The van der Waals surface area contributed by atoms with Crippen molar-refractivity contribution in [2.24, 2.45) is 0 Å². The molecule has 3 heteroatoms. The third-order valence-electron chi connectivity index (χ3n) is 3.24. The minimum absolute atomic E-state index is 0.320. The number of hydrogen-bond acceptors (Lipinski definition) is 3. The molecule has 0 radical (unpaired) electrons. The van der Waals surface area contributed by atoms with Gasteiger partial charge in [-0.3, -0.25) is 0 Å². The number of rotatable bonds is 1. The molecule has 2 atom stereocenters. The van der Waals surface area contributed by atoms with Crippen molar-refractivity contribution in [1.29, 1.82) is 0 Å². The van der Waals surface area contributed by atoms with Crippen LogP contribution in [0.25, 0.3) is 0 Å². The molecule has 2 aliphatic rings. The number of benzene rings is 1. The van der Waals surface area contributed by atoms with Gasteiger partial charge in [0.05, 0.1) is 19.3 Å². The maximum Gasteiger partial charge on any atom is 0.123 e. The fourth-order valence-corrected chi connectivity index (χ4v) is 2.44. The van der Waals surface area contributed by atoms with E-state index in [-0.39, 0.29) is 0 Å². The molecule has 2 aliphatic heterocycles. The van der Waals surface area contributed by atoms with E-state index in [1.165, 1.54) is 11.1 Å². The van der Waals surface area contributed by atoms with Crippen LogP contribution in [0.2, 0.25) is 0 Å². The largest absolute Gasteiger partial charge is 0.490 e. The molecule has 1 N–H and O–H groups in total. The first kappa shape index (κ1) is 10.1. The minimum Gasteiger partial charge on any atom is -0.490 e. The highest BCUT2D eigenvalue weighted by atomic mass is 16.5. The van der Waals surface area contributed by atoms with Crippen molar-refractivity contribution in [2.45, 2.75) is 25.5 Å². The van der Waals surface area contributed by atoms with Gasteiger partial charge in [-0.05, 0) is 24.1 Å². The topological polar surface area (TPSA) is 30.5 Å². The molecule has 0 bridgehead atoms. The first-order valence-electron chi connectivity index (χ1n) is 5.93. The predicted octanol–water partition coefficient (Wildman–Crippen LogP) is 1.67. The van der Waals surface area contributed by atoms with Gasteiger partial charge in [0.1, 0.15) is 11.9 Å². The molecule has 0 saturated carbocycles. The molecular weight excluding hydrogens is 202 g/mol. The molecule has 1 aromatic rings. The van der Waals surface area contributed by atoms with E-state index in [1.54, 1.807) is 0 Å². The van der Waals surface area contributed by atoms with Crippen molar-refractivity contribution in [3.8, 4) is 5.75 Å². The SMILES string of the molecule is CC1Cc2cc(C3COCCN3)ccc2O1. The smallest absolute Gasteiger partial charge is 0.123 e. The first-order chi connectivity index (χ1) is 7.83. The molecule has 0 amide bonds. The van der Waals surface area contributed by atoms with Gasteiger partial charge in [0.15, 0.2) is 0 Å². The Morgan fingerprint density at radius 3 is 3.12 bits per heavy atom. The number of fused-ring (bicyclic) bond motifs is 1. The summed E-state index contributed by atoms with van der Waals surface area (Å²) < 4.78 is 11.2. The summed E-state index contributed by atoms with van der Waals surface area (Å²) in [7, 11) is 0. The van der Waals surface area contributed by atoms with Gasteiger partial charge in [0.2, 0.25) is 0 Å². The van der Waals surface area contributed by atoms with Crippen molar-refractivity contribution >= 4 is 0 Å². The second kappa shape index (κ2) is 4.07. The highest BCUT2D eigenvalue weighted by molar-refractivity contribution is 5.41. The number of ether oxygens (including phenoxy) is 2. The Kier molecular flexibility index (Phi) is 2.58. The summed E-state index contributed by atoms with van der Waals surface area (Å²) in [6, 6.07) is 6.83. The van der Waals surface area contributed by atoms with Gasteiger partial charge in [-0.2, -0.15) is 0 Å². The van der Waals surface area contributed by atoms with E-state index >= 15 is 0 Å². The molecule has 0 aromatic heterocycles. The first-order valence-corrected chi connectivity index (χ1v) is 5.93. The average Bonchev–Trinajstić information content (AvgIpc) is 2.69. The summed E-state index contributed by atoms with van der Waals surface area (Å²) in [6.45, 7) is 4.65. The van der Waals surface area contributed by atoms with Crippen LogP contribution in [0, 0.1) is 0 Å². The molecule has 1 fully saturated rings. The summed E-state index contributed by atoms with van der Waals surface area (Å²) in [6.07, 6.45) is 1.34. The molecule has 1 aromatic carbocycles. The maximum atomic E-state index is 5.70. The number of hydrogen-bond donors (Lipinski definition) is 1.